The lowest BCUT2D eigenvalue weighted by Gasteiger charge is -2.34. The maximum Gasteiger partial charge on any atom is 0.0234 e. The van der Waals surface area contributed by atoms with E-state index in [9.17, 15) is 0 Å². The monoisotopic (exact) mass is 217 g/mol. The second kappa shape index (κ2) is 6.02. The number of rotatable bonds is 4. The van der Waals surface area contributed by atoms with E-state index in [0.717, 1.165) is 13.1 Å². The Bertz CT molecular complexity index is 289. The van der Waals surface area contributed by atoms with Crippen LogP contribution in [0.1, 0.15) is 12.5 Å². The van der Waals surface area contributed by atoms with Gasteiger partial charge < -0.3 is 4.90 Å². The first kappa shape index (κ1) is 11.6. The lowest BCUT2D eigenvalue weighted by Crippen LogP contribution is -2.46. The lowest BCUT2D eigenvalue weighted by molar-refractivity contribution is 0.134. The van der Waals surface area contributed by atoms with E-state index in [2.05, 4.69) is 53.5 Å². The molecule has 1 saturated heterocycles. The van der Waals surface area contributed by atoms with Crippen LogP contribution in [-0.2, 0) is 6.54 Å². The minimum atomic E-state index is 1.10. The van der Waals surface area contributed by atoms with Crippen LogP contribution < -0.4 is 0 Å². The second-order valence-corrected chi connectivity index (χ2v) is 4.47. The summed E-state index contributed by atoms with van der Waals surface area (Å²) in [6, 6.07) is 10.8. The summed E-state index contributed by atoms with van der Waals surface area (Å²) in [7, 11) is 0. The van der Waals surface area contributed by atoms with Gasteiger partial charge in [0.05, 0.1) is 0 Å². The maximum absolute atomic E-state index is 2.54. The molecular weight excluding hydrogens is 196 g/mol. The average Bonchev–Trinajstić information content (AvgIpc) is 2.33. The summed E-state index contributed by atoms with van der Waals surface area (Å²) in [6.45, 7) is 9.18. The fourth-order valence-corrected chi connectivity index (χ4v) is 2.23. The van der Waals surface area contributed by atoms with Crippen LogP contribution in [0.2, 0.25) is 0 Å². The fourth-order valence-electron chi connectivity index (χ4n) is 2.23. The van der Waals surface area contributed by atoms with Gasteiger partial charge in [-0.2, -0.15) is 0 Å². The summed E-state index contributed by atoms with van der Waals surface area (Å²) in [4.78, 5) is 5.06. The molecule has 0 bridgehead atoms. The summed E-state index contributed by atoms with van der Waals surface area (Å²) in [6.07, 6.45) is 2.24. The van der Waals surface area contributed by atoms with Crippen LogP contribution >= 0.6 is 0 Å². The van der Waals surface area contributed by atoms with Crippen molar-refractivity contribution >= 4 is 0 Å². The SMILES string of the molecule is C[CH]CN1CCN(Cc2ccccc2)CC1. The molecule has 2 nitrogen and oxygen atoms in total. The van der Waals surface area contributed by atoms with Crippen LogP contribution in [0.25, 0.3) is 0 Å². The van der Waals surface area contributed by atoms with E-state index in [-0.39, 0.29) is 0 Å². The highest BCUT2D eigenvalue weighted by Gasteiger charge is 2.15. The van der Waals surface area contributed by atoms with Gasteiger partial charge in [0.1, 0.15) is 0 Å². The van der Waals surface area contributed by atoms with Crippen LogP contribution in [-0.4, -0.2) is 42.5 Å². The van der Waals surface area contributed by atoms with Gasteiger partial charge in [0.2, 0.25) is 0 Å². The van der Waals surface area contributed by atoms with E-state index in [4.69, 9.17) is 0 Å². The quantitative estimate of drug-likeness (QED) is 0.761. The van der Waals surface area contributed by atoms with Crippen LogP contribution in [0, 0.1) is 6.42 Å². The second-order valence-electron chi connectivity index (χ2n) is 4.47. The van der Waals surface area contributed by atoms with Gasteiger partial charge in [0.25, 0.3) is 0 Å². The van der Waals surface area contributed by atoms with Gasteiger partial charge in [0.15, 0.2) is 0 Å². The Morgan fingerprint density at radius 3 is 2.25 bits per heavy atom. The molecule has 1 fully saturated rings. The van der Waals surface area contributed by atoms with Crippen molar-refractivity contribution < 1.29 is 0 Å². The van der Waals surface area contributed by atoms with Crippen molar-refractivity contribution in [3.05, 3.63) is 42.3 Å². The molecule has 2 rings (SSSR count). The lowest BCUT2D eigenvalue weighted by atomic mass is 10.2. The van der Waals surface area contributed by atoms with Crippen molar-refractivity contribution in [3.8, 4) is 0 Å². The smallest absolute Gasteiger partial charge is 0.0234 e. The molecule has 1 aromatic carbocycles. The molecule has 87 valence electrons. The highest BCUT2D eigenvalue weighted by Crippen LogP contribution is 2.08. The summed E-state index contributed by atoms with van der Waals surface area (Å²) in [5.41, 5.74) is 1.43. The Balaban J connectivity index is 1.77. The van der Waals surface area contributed by atoms with Gasteiger partial charge in [0, 0.05) is 39.3 Å². The zero-order valence-corrected chi connectivity index (χ0v) is 10.1. The van der Waals surface area contributed by atoms with Gasteiger partial charge in [-0.25, -0.2) is 0 Å². The largest absolute Gasteiger partial charge is 0.301 e. The molecule has 1 aliphatic heterocycles. The minimum Gasteiger partial charge on any atom is -0.301 e. The molecule has 1 radical (unpaired) electrons. The van der Waals surface area contributed by atoms with E-state index >= 15 is 0 Å². The number of piperazine rings is 1. The number of benzene rings is 1. The molecule has 0 aliphatic carbocycles. The molecule has 2 heteroatoms. The molecular formula is C14H21N2. The van der Waals surface area contributed by atoms with E-state index in [0.29, 0.717) is 0 Å². The predicted octanol–water partition coefficient (Wildman–Crippen LogP) is 2.03. The van der Waals surface area contributed by atoms with Crippen LogP contribution in [0.5, 0.6) is 0 Å². The van der Waals surface area contributed by atoms with Gasteiger partial charge in [-0.15, -0.1) is 0 Å². The van der Waals surface area contributed by atoms with E-state index in [1.807, 2.05) is 0 Å². The Kier molecular flexibility index (Phi) is 4.37. The fraction of sp³-hybridized carbons (Fsp3) is 0.500. The maximum atomic E-state index is 2.54. The van der Waals surface area contributed by atoms with Crippen molar-refractivity contribution in [2.75, 3.05) is 32.7 Å². The van der Waals surface area contributed by atoms with E-state index in [1.54, 1.807) is 0 Å². The Morgan fingerprint density at radius 1 is 1.00 bits per heavy atom. The third kappa shape index (κ3) is 3.32. The summed E-state index contributed by atoms with van der Waals surface area (Å²) >= 11 is 0. The first-order valence-electron chi connectivity index (χ1n) is 6.15. The topological polar surface area (TPSA) is 6.48 Å². The van der Waals surface area contributed by atoms with E-state index < -0.39 is 0 Å². The Morgan fingerprint density at radius 2 is 1.62 bits per heavy atom. The molecule has 1 heterocycles. The molecule has 0 atom stereocenters. The molecule has 0 spiro atoms. The van der Waals surface area contributed by atoms with Crippen molar-refractivity contribution in [2.45, 2.75) is 13.5 Å². The molecule has 0 unspecified atom stereocenters. The molecule has 1 aromatic rings. The standard InChI is InChI=1S/C14H21N2/c1-2-8-15-9-11-16(12-10-15)13-14-6-4-3-5-7-14/h2-7H,8-13H2,1H3. The van der Waals surface area contributed by atoms with Crippen LogP contribution in [0.15, 0.2) is 30.3 Å². The number of hydrogen-bond acceptors (Lipinski definition) is 2. The molecule has 16 heavy (non-hydrogen) atoms. The molecule has 0 N–H and O–H groups in total. The summed E-state index contributed by atoms with van der Waals surface area (Å²) in [5, 5.41) is 0. The molecule has 0 amide bonds. The normalized spacial score (nSPS) is 18.8. The first-order valence-corrected chi connectivity index (χ1v) is 6.15. The van der Waals surface area contributed by atoms with Crippen molar-refractivity contribution in [1.82, 2.24) is 9.80 Å². The third-order valence-corrected chi connectivity index (χ3v) is 3.15. The number of nitrogens with zero attached hydrogens (tertiary/aromatic N) is 2. The zero-order chi connectivity index (χ0) is 11.2. The average molecular weight is 217 g/mol. The molecule has 0 aromatic heterocycles. The summed E-state index contributed by atoms with van der Waals surface area (Å²) < 4.78 is 0. The first-order chi connectivity index (χ1) is 7.88. The van der Waals surface area contributed by atoms with E-state index in [1.165, 1.54) is 31.7 Å². The van der Waals surface area contributed by atoms with Crippen molar-refractivity contribution in [2.24, 2.45) is 0 Å². The van der Waals surface area contributed by atoms with Gasteiger partial charge in [-0.05, 0) is 12.0 Å². The number of hydrogen-bond donors (Lipinski definition) is 0. The van der Waals surface area contributed by atoms with Crippen LogP contribution in [0.3, 0.4) is 0 Å². The zero-order valence-electron chi connectivity index (χ0n) is 10.1. The molecule has 1 aliphatic rings. The highest BCUT2D eigenvalue weighted by molar-refractivity contribution is 5.14. The van der Waals surface area contributed by atoms with Crippen LogP contribution in [0.4, 0.5) is 0 Å². The predicted molar refractivity (Wildman–Crippen MR) is 68.1 cm³/mol. The molecule has 0 saturated carbocycles. The Hall–Kier alpha value is -0.860. The van der Waals surface area contributed by atoms with Crippen molar-refractivity contribution in [1.29, 1.82) is 0 Å². The highest BCUT2D eigenvalue weighted by atomic mass is 15.3. The minimum absolute atomic E-state index is 1.10. The van der Waals surface area contributed by atoms with Gasteiger partial charge in [-0.1, -0.05) is 37.3 Å². The third-order valence-electron chi connectivity index (χ3n) is 3.15. The van der Waals surface area contributed by atoms with Crippen molar-refractivity contribution in [3.63, 3.8) is 0 Å². The summed E-state index contributed by atoms with van der Waals surface area (Å²) in [5.74, 6) is 0. The Labute approximate surface area is 98.9 Å². The van der Waals surface area contributed by atoms with Gasteiger partial charge in [-0.3, -0.25) is 4.90 Å². The van der Waals surface area contributed by atoms with Gasteiger partial charge >= 0.3 is 0 Å².